The zero-order chi connectivity index (χ0) is 17.5. The number of thioether (sulfide) groups is 1. The quantitative estimate of drug-likeness (QED) is 0.506. The molecular formula is C18H17BrO4S. The van der Waals surface area contributed by atoms with Crippen LogP contribution < -0.4 is 14.2 Å². The predicted molar refractivity (Wildman–Crippen MR) is 100 cm³/mol. The fourth-order valence-corrected chi connectivity index (χ4v) is 2.97. The highest BCUT2D eigenvalue weighted by Crippen LogP contribution is 2.40. The first kappa shape index (κ1) is 18.4. The second-order valence-electron chi connectivity index (χ2n) is 4.63. The van der Waals surface area contributed by atoms with Crippen molar-refractivity contribution in [3.05, 3.63) is 52.5 Å². The Morgan fingerprint density at radius 2 is 1.62 bits per heavy atom. The fourth-order valence-electron chi connectivity index (χ4n) is 2.07. The average molecular weight is 409 g/mol. The summed E-state index contributed by atoms with van der Waals surface area (Å²) in [5.74, 6) is 1.59. The second kappa shape index (κ2) is 8.80. The first-order chi connectivity index (χ1) is 11.6. The third kappa shape index (κ3) is 4.55. The molecule has 0 aromatic heterocycles. The van der Waals surface area contributed by atoms with Crippen LogP contribution in [0.5, 0.6) is 17.2 Å². The molecule has 0 saturated heterocycles. The molecule has 0 unspecified atom stereocenters. The van der Waals surface area contributed by atoms with Gasteiger partial charge in [-0.25, -0.2) is 0 Å². The highest BCUT2D eigenvalue weighted by molar-refractivity contribution is 9.10. The van der Waals surface area contributed by atoms with Crippen molar-refractivity contribution < 1.29 is 19.0 Å². The summed E-state index contributed by atoms with van der Waals surface area (Å²) in [6, 6.07) is 11.2. The van der Waals surface area contributed by atoms with Gasteiger partial charge < -0.3 is 14.2 Å². The number of carbonyl (C=O) groups is 1. The third-order valence-corrected chi connectivity index (χ3v) is 4.54. The number of hydrogen-bond acceptors (Lipinski definition) is 5. The van der Waals surface area contributed by atoms with Crippen LogP contribution in [0, 0.1) is 0 Å². The topological polar surface area (TPSA) is 44.8 Å². The van der Waals surface area contributed by atoms with Crippen molar-refractivity contribution in [2.75, 3.05) is 21.3 Å². The Kier molecular flexibility index (Phi) is 6.75. The lowest BCUT2D eigenvalue weighted by Crippen LogP contribution is -1.96. The number of carbonyl (C=O) groups excluding carboxylic acids is 1. The lowest BCUT2D eigenvalue weighted by molar-refractivity contribution is -0.107. The molecule has 6 heteroatoms. The van der Waals surface area contributed by atoms with Gasteiger partial charge in [-0.15, -0.1) is 0 Å². The standard InChI is InChI=1S/C18H17BrO4S/c1-21-15-10-4-12(17(22-2)18(15)23-3)5-11-16(20)24-14-8-6-13(19)7-9-14/h4-11H,1-3H3. The van der Waals surface area contributed by atoms with E-state index in [0.717, 1.165) is 26.7 Å². The van der Waals surface area contributed by atoms with Gasteiger partial charge in [0.25, 0.3) is 0 Å². The first-order valence-corrected chi connectivity index (χ1v) is 8.64. The van der Waals surface area contributed by atoms with Gasteiger partial charge in [-0.05, 0) is 60.3 Å². The van der Waals surface area contributed by atoms with E-state index in [1.807, 2.05) is 30.3 Å². The molecule has 0 atom stereocenters. The summed E-state index contributed by atoms with van der Waals surface area (Å²) >= 11 is 4.53. The third-order valence-electron chi connectivity index (χ3n) is 3.17. The minimum atomic E-state index is -0.0749. The van der Waals surface area contributed by atoms with Gasteiger partial charge in [0.2, 0.25) is 10.9 Å². The molecule has 0 radical (unpaired) electrons. The summed E-state index contributed by atoms with van der Waals surface area (Å²) in [4.78, 5) is 13.0. The highest BCUT2D eigenvalue weighted by atomic mass is 79.9. The van der Waals surface area contributed by atoms with Gasteiger partial charge in [-0.3, -0.25) is 4.79 Å². The van der Waals surface area contributed by atoms with Crippen molar-refractivity contribution >= 4 is 38.9 Å². The van der Waals surface area contributed by atoms with Crippen LogP contribution in [-0.2, 0) is 4.79 Å². The van der Waals surface area contributed by atoms with E-state index < -0.39 is 0 Å². The first-order valence-electron chi connectivity index (χ1n) is 7.03. The molecule has 24 heavy (non-hydrogen) atoms. The Hall–Kier alpha value is -1.92. The number of methoxy groups -OCH3 is 3. The van der Waals surface area contributed by atoms with E-state index in [2.05, 4.69) is 15.9 Å². The van der Waals surface area contributed by atoms with E-state index >= 15 is 0 Å². The van der Waals surface area contributed by atoms with Crippen molar-refractivity contribution in [1.82, 2.24) is 0 Å². The smallest absolute Gasteiger partial charge is 0.216 e. The Morgan fingerprint density at radius 1 is 0.958 bits per heavy atom. The van der Waals surface area contributed by atoms with Crippen molar-refractivity contribution in [2.24, 2.45) is 0 Å². The van der Waals surface area contributed by atoms with Crippen molar-refractivity contribution in [3.63, 3.8) is 0 Å². The van der Waals surface area contributed by atoms with Gasteiger partial charge in [0.1, 0.15) is 0 Å². The maximum atomic E-state index is 12.1. The molecule has 0 fully saturated rings. The van der Waals surface area contributed by atoms with E-state index in [0.29, 0.717) is 17.2 Å². The lowest BCUT2D eigenvalue weighted by Gasteiger charge is -2.13. The molecule has 0 heterocycles. The Balaban J connectivity index is 2.18. The highest BCUT2D eigenvalue weighted by Gasteiger charge is 2.14. The zero-order valence-electron chi connectivity index (χ0n) is 13.5. The summed E-state index contributed by atoms with van der Waals surface area (Å²) in [5.41, 5.74) is 0.736. The predicted octanol–water partition coefficient (Wildman–Crippen LogP) is 4.81. The molecule has 0 aliphatic heterocycles. The minimum Gasteiger partial charge on any atom is -0.493 e. The summed E-state index contributed by atoms with van der Waals surface area (Å²) < 4.78 is 16.9. The molecule has 2 aromatic carbocycles. The number of benzene rings is 2. The molecule has 0 aliphatic rings. The van der Waals surface area contributed by atoms with Crippen LogP contribution in [0.15, 0.2) is 51.8 Å². The molecular weight excluding hydrogens is 392 g/mol. The van der Waals surface area contributed by atoms with Crippen molar-refractivity contribution in [1.29, 1.82) is 0 Å². The van der Waals surface area contributed by atoms with E-state index in [9.17, 15) is 4.79 Å². The zero-order valence-corrected chi connectivity index (χ0v) is 15.9. The average Bonchev–Trinajstić information content (AvgIpc) is 2.60. The minimum absolute atomic E-state index is 0.0749. The van der Waals surface area contributed by atoms with E-state index in [-0.39, 0.29) is 5.12 Å². The number of ether oxygens (including phenoxy) is 3. The van der Waals surface area contributed by atoms with Gasteiger partial charge in [0.15, 0.2) is 11.5 Å². The maximum Gasteiger partial charge on any atom is 0.216 e. The van der Waals surface area contributed by atoms with Gasteiger partial charge in [0.05, 0.1) is 21.3 Å². The monoisotopic (exact) mass is 408 g/mol. The maximum absolute atomic E-state index is 12.1. The molecule has 0 saturated carbocycles. The van der Waals surface area contributed by atoms with Crippen LogP contribution in [0.25, 0.3) is 6.08 Å². The largest absolute Gasteiger partial charge is 0.493 e. The van der Waals surface area contributed by atoms with Crippen LogP contribution >= 0.6 is 27.7 Å². The summed E-state index contributed by atoms with van der Waals surface area (Å²) in [7, 11) is 4.65. The van der Waals surface area contributed by atoms with E-state index in [1.54, 1.807) is 33.5 Å². The lowest BCUT2D eigenvalue weighted by atomic mass is 10.1. The van der Waals surface area contributed by atoms with Gasteiger partial charge in [-0.2, -0.15) is 0 Å². The van der Waals surface area contributed by atoms with Gasteiger partial charge >= 0.3 is 0 Å². The number of hydrogen-bond donors (Lipinski definition) is 0. The molecule has 0 N–H and O–H groups in total. The molecule has 126 valence electrons. The fraction of sp³-hybridized carbons (Fsp3) is 0.167. The molecule has 0 spiro atoms. The van der Waals surface area contributed by atoms with Crippen LogP contribution in [-0.4, -0.2) is 26.4 Å². The number of rotatable bonds is 6. The summed E-state index contributed by atoms with van der Waals surface area (Å²) in [6.07, 6.45) is 3.21. The summed E-state index contributed by atoms with van der Waals surface area (Å²) in [6.45, 7) is 0. The molecule has 2 rings (SSSR count). The van der Waals surface area contributed by atoms with Crippen LogP contribution in [0.2, 0.25) is 0 Å². The Bertz CT molecular complexity index is 741. The molecule has 2 aromatic rings. The molecule has 0 amide bonds. The normalized spacial score (nSPS) is 10.7. The molecule has 0 aliphatic carbocycles. The Labute approximate surface area is 153 Å². The van der Waals surface area contributed by atoms with E-state index in [4.69, 9.17) is 14.2 Å². The summed E-state index contributed by atoms with van der Waals surface area (Å²) in [5, 5.41) is -0.0749. The Morgan fingerprint density at radius 3 is 2.21 bits per heavy atom. The van der Waals surface area contributed by atoms with Crippen LogP contribution in [0.1, 0.15) is 5.56 Å². The van der Waals surface area contributed by atoms with Crippen molar-refractivity contribution in [3.8, 4) is 17.2 Å². The van der Waals surface area contributed by atoms with E-state index in [1.165, 1.54) is 6.08 Å². The van der Waals surface area contributed by atoms with Crippen molar-refractivity contribution in [2.45, 2.75) is 4.90 Å². The second-order valence-corrected chi connectivity index (χ2v) is 6.63. The van der Waals surface area contributed by atoms with Gasteiger partial charge in [-0.1, -0.05) is 15.9 Å². The van der Waals surface area contributed by atoms with Crippen LogP contribution in [0.3, 0.4) is 0 Å². The SMILES string of the molecule is COc1ccc(C=CC(=O)Sc2ccc(Br)cc2)c(OC)c1OC. The molecule has 0 bridgehead atoms. The number of halogens is 1. The van der Waals surface area contributed by atoms with Gasteiger partial charge in [0, 0.05) is 14.9 Å². The molecule has 4 nitrogen and oxygen atoms in total. The van der Waals surface area contributed by atoms with Crippen LogP contribution in [0.4, 0.5) is 0 Å².